The fraction of sp³-hybridized carbons (Fsp3) is 0.562. The number of ether oxygens (including phenoxy) is 1. The standard InChI is InChI=1S/C16H27N3O2/c1-13(2)11-19(8-9-21-3)12-16(20)18-15-7-5-4-6-14(15)10-17/h4-7,13H,8-12,17H2,1-3H3,(H,18,20). The van der Waals surface area contributed by atoms with E-state index in [2.05, 4.69) is 24.1 Å². The van der Waals surface area contributed by atoms with Crippen LogP contribution in [0.4, 0.5) is 5.69 Å². The number of nitrogens with zero attached hydrogens (tertiary/aromatic N) is 1. The molecular weight excluding hydrogens is 266 g/mol. The van der Waals surface area contributed by atoms with Crippen molar-refractivity contribution in [2.75, 3.05) is 38.7 Å². The number of para-hydroxylation sites is 1. The monoisotopic (exact) mass is 293 g/mol. The maximum Gasteiger partial charge on any atom is 0.238 e. The molecule has 1 aromatic rings. The molecule has 0 aromatic heterocycles. The van der Waals surface area contributed by atoms with Crippen LogP contribution in [0, 0.1) is 5.92 Å². The van der Waals surface area contributed by atoms with Crippen LogP contribution >= 0.6 is 0 Å². The van der Waals surface area contributed by atoms with E-state index in [0.29, 0.717) is 25.6 Å². The highest BCUT2D eigenvalue weighted by Crippen LogP contribution is 2.14. The molecule has 3 N–H and O–H groups in total. The summed E-state index contributed by atoms with van der Waals surface area (Å²) in [6.45, 7) is 7.30. The summed E-state index contributed by atoms with van der Waals surface area (Å²) in [6.07, 6.45) is 0. The van der Waals surface area contributed by atoms with Gasteiger partial charge in [-0.05, 0) is 17.5 Å². The zero-order valence-electron chi connectivity index (χ0n) is 13.3. The number of carbonyl (C=O) groups excluding carboxylic acids is 1. The number of nitrogens with two attached hydrogens (primary N) is 1. The van der Waals surface area contributed by atoms with Crippen LogP contribution in [0.5, 0.6) is 0 Å². The Labute approximate surface area is 127 Å². The molecule has 0 radical (unpaired) electrons. The summed E-state index contributed by atoms with van der Waals surface area (Å²) in [7, 11) is 1.67. The Bertz CT molecular complexity index is 435. The summed E-state index contributed by atoms with van der Waals surface area (Å²) in [5, 5.41) is 2.94. The van der Waals surface area contributed by atoms with Crippen LogP contribution in [-0.2, 0) is 16.1 Å². The Balaban J connectivity index is 2.60. The van der Waals surface area contributed by atoms with E-state index in [1.54, 1.807) is 7.11 Å². The molecule has 0 bridgehead atoms. The number of benzene rings is 1. The first kappa shape index (κ1) is 17.6. The van der Waals surface area contributed by atoms with Gasteiger partial charge < -0.3 is 15.8 Å². The van der Waals surface area contributed by atoms with Crippen molar-refractivity contribution in [2.45, 2.75) is 20.4 Å². The van der Waals surface area contributed by atoms with E-state index in [9.17, 15) is 4.79 Å². The van der Waals surface area contributed by atoms with Crippen LogP contribution in [0.1, 0.15) is 19.4 Å². The SMILES string of the molecule is COCCN(CC(=O)Nc1ccccc1CN)CC(C)C. The van der Waals surface area contributed by atoms with Crippen LogP contribution in [0.2, 0.25) is 0 Å². The van der Waals surface area contributed by atoms with E-state index in [1.807, 2.05) is 24.3 Å². The van der Waals surface area contributed by atoms with Gasteiger partial charge in [0.15, 0.2) is 0 Å². The summed E-state index contributed by atoms with van der Waals surface area (Å²) < 4.78 is 5.10. The van der Waals surface area contributed by atoms with Gasteiger partial charge in [0.05, 0.1) is 13.2 Å². The summed E-state index contributed by atoms with van der Waals surface area (Å²) in [4.78, 5) is 14.3. The molecule has 1 amide bonds. The molecule has 21 heavy (non-hydrogen) atoms. The second-order valence-electron chi connectivity index (χ2n) is 5.53. The highest BCUT2D eigenvalue weighted by Gasteiger charge is 2.13. The van der Waals surface area contributed by atoms with Gasteiger partial charge in [-0.15, -0.1) is 0 Å². The van der Waals surface area contributed by atoms with Gasteiger partial charge in [0.1, 0.15) is 0 Å². The Morgan fingerprint density at radius 3 is 2.71 bits per heavy atom. The second kappa shape index (κ2) is 9.50. The predicted molar refractivity (Wildman–Crippen MR) is 86.1 cm³/mol. The third kappa shape index (κ3) is 6.71. The molecule has 0 atom stereocenters. The van der Waals surface area contributed by atoms with Crippen LogP contribution in [0.3, 0.4) is 0 Å². The van der Waals surface area contributed by atoms with Gasteiger partial charge in [-0.3, -0.25) is 9.69 Å². The molecule has 5 nitrogen and oxygen atoms in total. The Kier molecular flexibility index (Phi) is 7.97. The molecule has 0 saturated heterocycles. The van der Waals surface area contributed by atoms with Gasteiger partial charge in [-0.25, -0.2) is 0 Å². The van der Waals surface area contributed by atoms with Gasteiger partial charge in [0.25, 0.3) is 0 Å². The fourth-order valence-electron chi connectivity index (χ4n) is 2.18. The minimum Gasteiger partial charge on any atom is -0.383 e. The molecule has 0 heterocycles. The molecule has 0 saturated carbocycles. The van der Waals surface area contributed by atoms with E-state index in [0.717, 1.165) is 24.3 Å². The second-order valence-corrected chi connectivity index (χ2v) is 5.53. The summed E-state index contributed by atoms with van der Waals surface area (Å²) >= 11 is 0. The lowest BCUT2D eigenvalue weighted by Crippen LogP contribution is -2.37. The quantitative estimate of drug-likeness (QED) is 0.727. The molecule has 1 aromatic carbocycles. The van der Waals surface area contributed by atoms with Crippen LogP contribution < -0.4 is 11.1 Å². The van der Waals surface area contributed by atoms with Crippen molar-refractivity contribution < 1.29 is 9.53 Å². The molecule has 0 aliphatic heterocycles. The third-order valence-corrected chi connectivity index (χ3v) is 3.11. The predicted octanol–water partition coefficient (Wildman–Crippen LogP) is 1.69. The van der Waals surface area contributed by atoms with Crippen molar-refractivity contribution >= 4 is 11.6 Å². The van der Waals surface area contributed by atoms with Crippen molar-refractivity contribution in [1.29, 1.82) is 0 Å². The van der Waals surface area contributed by atoms with Crippen molar-refractivity contribution in [3.05, 3.63) is 29.8 Å². The fourth-order valence-corrected chi connectivity index (χ4v) is 2.18. The molecule has 5 heteroatoms. The number of carbonyl (C=O) groups is 1. The van der Waals surface area contributed by atoms with E-state index in [4.69, 9.17) is 10.5 Å². The highest BCUT2D eigenvalue weighted by atomic mass is 16.5. The average molecular weight is 293 g/mol. The van der Waals surface area contributed by atoms with Crippen LogP contribution in [0.15, 0.2) is 24.3 Å². The van der Waals surface area contributed by atoms with E-state index < -0.39 is 0 Å². The van der Waals surface area contributed by atoms with Crippen molar-refractivity contribution in [3.8, 4) is 0 Å². The molecule has 0 unspecified atom stereocenters. The number of nitrogens with one attached hydrogen (secondary N) is 1. The van der Waals surface area contributed by atoms with Gasteiger partial charge in [0, 0.05) is 32.4 Å². The summed E-state index contributed by atoms with van der Waals surface area (Å²) in [5.74, 6) is 0.485. The van der Waals surface area contributed by atoms with Crippen LogP contribution in [0.25, 0.3) is 0 Å². The number of anilines is 1. The first-order valence-electron chi connectivity index (χ1n) is 7.36. The van der Waals surface area contributed by atoms with E-state index >= 15 is 0 Å². The van der Waals surface area contributed by atoms with Crippen molar-refractivity contribution in [2.24, 2.45) is 11.7 Å². The number of methoxy groups -OCH3 is 1. The number of amides is 1. The normalized spacial score (nSPS) is 11.1. The van der Waals surface area contributed by atoms with Gasteiger partial charge in [-0.1, -0.05) is 32.0 Å². The lowest BCUT2D eigenvalue weighted by atomic mass is 10.1. The molecule has 0 aliphatic rings. The van der Waals surface area contributed by atoms with Crippen molar-refractivity contribution in [3.63, 3.8) is 0 Å². The number of hydrogen-bond donors (Lipinski definition) is 2. The molecule has 0 aliphatic carbocycles. The molecule has 1 rings (SSSR count). The topological polar surface area (TPSA) is 67.6 Å². The minimum atomic E-state index is -0.0207. The lowest BCUT2D eigenvalue weighted by Gasteiger charge is -2.23. The Morgan fingerprint density at radius 2 is 2.10 bits per heavy atom. The molecule has 0 spiro atoms. The molecule has 0 fully saturated rings. The smallest absolute Gasteiger partial charge is 0.238 e. The first-order chi connectivity index (χ1) is 10.1. The highest BCUT2D eigenvalue weighted by molar-refractivity contribution is 5.93. The maximum atomic E-state index is 12.2. The average Bonchev–Trinajstić information content (AvgIpc) is 2.44. The lowest BCUT2D eigenvalue weighted by molar-refractivity contribution is -0.117. The third-order valence-electron chi connectivity index (χ3n) is 3.11. The summed E-state index contributed by atoms with van der Waals surface area (Å²) in [5.41, 5.74) is 7.42. The van der Waals surface area contributed by atoms with Gasteiger partial charge >= 0.3 is 0 Å². The number of rotatable bonds is 9. The Hall–Kier alpha value is -1.43. The van der Waals surface area contributed by atoms with E-state index in [-0.39, 0.29) is 5.91 Å². The minimum absolute atomic E-state index is 0.0207. The van der Waals surface area contributed by atoms with Crippen molar-refractivity contribution in [1.82, 2.24) is 4.90 Å². The summed E-state index contributed by atoms with van der Waals surface area (Å²) in [6, 6.07) is 7.61. The molecular formula is C16H27N3O2. The van der Waals surface area contributed by atoms with Gasteiger partial charge in [-0.2, -0.15) is 0 Å². The van der Waals surface area contributed by atoms with Crippen LogP contribution in [-0.4, -0.2) is 44.2 Å². The zero-order valence-corrected chi connectivity index (χ0v) is 13.3. The largest absolute Gasteiger partial charge is 0.383 e. The van der Waals surface area contributed by atoms with E-state index in [1.165, 1.54) is 0 Å². The zero-order chi connectivity index (χ0) is 15.7. The Morgan fingerprint density at radius 1 is 1.38 bits per heavy atom. The van der Waals surface area contributed by atoms with Gasteiger partial charge in [0.2, 0.25) is 5.91 Å². The maximum absolute atomic E-state index is 12.2. The molecule has 118 valence electrons. The first-order valence-corrected chi connectivity index (χ1v) is 7.36. The number of hydrogen-bond acceptors (Lipinski definition) is 4.